The summed E-state index contributed by atoms with van der Waals surface area (Å²) < 4.78 is 31.4. The number of carboxylic acid groups (broad SMARTS) is 1. The molecule has 0 aliphatic heterocycles. The molecule has 5 nitrogen and oxygen atoms in total. The summed E-state index contributed by atoms with van der Waals surface area (Å²) in [7, 11) is 0. The van der Waals surface area contributed by atoms with Crippen molar-refractivity contribution in [3.8, 4) is 0 Å². The van der Waals surface area contributed by atoms with E-state index in [1.807, 2.05) is 5.32 Å². The molecule has 2 aromatic carbocycles. The van der Waals surface area contributed by atoms with Crippen LogP contribution in [-0.2, 0) is 16.1 Å². The molecule has 0 fully saturated rings. The molecule has 0 saturated heterocycles. The van der Waals surface area contributed by atoms with E-state index in [0.717, 1.165) is 12.1 Å². The smallest absolute Gasteiger partial charge is 0.408 e. The Morgan fingerprint density at radius 3 is 2.43 bits per heavy atom. The first-order chi connectivity index (χ1) is 11.0. The van der Waals surface area contributed by atoms with Crippen LogP contribution in [0.3, 0.4) is 0 Å². The largest absolute Gasteiger partial charge is 0.479 e. The fraction of sp³-hybridized carbons (Fsp3) is 0.125. The van der Waals surface area contributed by atoms with Crippen molar-refractivity contribution in [3.63, 3.8) is 0 Å². The van der Waals surface area contributed by atoms with Gasteiger partial charge in [0.2, 0.25) is 0 Å². The summed E-state index contributed by atoms with van der Waals surface area (Å²) in [6.07, 6.45) is -1.02. The predicted octanol–water partition coefficient (Wildman–Crippen LogP) is 3.02. The van der Waals surface area contributed by atoms with Crippen molar-refractivity contribution in [3.05, 3.63) is 71.3 Å². The molecular weight excluding hydrogens is 308 g/mol. The Labute approximate surface area is 130 Å². The molecule has 1 amide bonds. The van der Waals surface area contributed by atoms with Gasteiger partial charge in [0.05, 0.1) is 0 Å². The van der Waals surface area contributed by atoms with Gasteiger partial charge in [0.25, 0.3) is 0 Å². The number of carboxylic acids is 1. The third kappa shape index (κ3) is 4.50. The first-order valence-corrected chi connectivity index (χ1v) is 6.62. The van der Waals surface area contributed by atoms with Gasteiger partial charge >= 0.3 is 12.1 Å². The third-order valence-corrected chi connectivity index (χ3v) is 3.00. The van der Waals surface area contributed by atoms with Gasteiger partial charge in [0, 0.05) is 11.6 Å². The number of halogens is 2. The molecule has 0 bridgehead atoms. The van der Waals surface area contributed by atoms with Gasteiger partial charge in [-0.25, -0.2) is 18.4 Å². The Morgan fingerprint density at radius 1 is 1.13 bits per heavy atom. The summed E-state index contributed by atoms with van der Waals surface area (Å²) in [5.74, 6) is -3.41. The Bertz CT molecular complexity index is 706. The quantitative estimate of drug-likeness (QED) is 0.887. The maximum Gasteiger partial charge on any atom is 0.408 e. The summed E-state index contributed by atoms with van der Waals surface area (Å²) >= 11 is 0. The first kappa shape index (κ1) is 16.4. The van der Waals surface area contributed by atoms with E-state index >= 15 is 0 Å². The van der Waals surface area contributed by atoms with Crippen LogP contribution in [0.5, 0.6) is 0 Å². The van der Waals surface area contributed by atoms with E-state index in [1.54, 1.807) is 30.3 Å². The van der Waals surface area contributed by atoms with E-state index in [-0.39, 0.29) is 12.2 Å². The molecule has 0 aliphatic carbocycles. The molecule has 2 rings (SSSR count). The second-order valence-corrected chi connectivity index (χ2v) is 4.64. The van der Waals surface area contributed by atoms with Crippen molar-refractivity contribution in [1.29, 1.82) is 0 Å². The van der Waals surface area contributed by atoms with E-state index in [2.05, 4.69) is 0 Å². The minimum Gasteiger partial charge on any atom is -0.479 e. The molecule has 0 spiro atoms. The minimum absolute atomic E-state index is 0.0646. The molecule has 2 N–H and O–H groups in total. The Balaban J connectivity index is 2.04. The average Bonchev–Trinajstić information content (AvgIpc) is 2.52. The summed E-state index contributed by atoms with van der Waals surface area (Å²) in [4.78, 5) is 22.9. The summed E-state index contributed by atoms with van der Waals surface area (Å²) in [5, 5.41) is 11.2. The van der Waals surface area contributed by atoms with E-state index in [1.165, 1.54) is 0 Å². The average molecular weight is 321 g/mol. The number of hydrogen-bond donors (Lipinski definition) is 2. The molecule has 0 radical (unpaired) electrons. The topological polar surface area (TPSA) is 75.6 Å². The first-order valence-electron chi connectivity index (χ1n) is 6.62. The van der Waals surface area contributed by atoms with E-state index in [0.29, 0.717) is 11.6 Å². The number of carbonyl (C=O) groups excluding carboxylic acids is 1. The number of amides is 1. The molecule has 0 aliphatic rings. The molecule has 0 aromatic heterocycles. The van der Waals surface area contributed by atoms with Crippen molar-refractivity contribution in [1.82, 2.24) is 5.32 Å². The van der Waals surface area contributed by atoms with Crippen molar-refractivity contribution in [2.24, 2.45) is 0 Å². The van der Waals surface area contributed by atoms with E-state index in [4.69, 9.17) is 9.84 Å². The highest BCUT2D eigenvalue weighted by molar-refractivity contribution is 5.81. The molecule has 120 valence electrons. The standard InChI is InChI=1S/C16H13F2NO4/c17-11-6-7-12(13(18)8-11)14(15(20)21)19-16(22)23-9-10-4-2-1-3-5-10/h1-8,14H,9H2,(H,19,22)(H,20,21). The normalized spacial score (nSPS) is 11.6. The monoisotopic (exact) mass is 321 g/mol. The maximum absolute atomic E-state index is 13.7. The number of hydrogen-bond acceptors (Lipinski definition) is 3. The van der Waals surface area contributed by atoms with Crippen LogP contribution in [0.2, 0.25) is 0 Å². The van der Waals surface area contributed by atoms with Gasteiger partial charge in [-0.2, -0.15) is 0 Å². The van der Waals surface area contributed by atoms with Crippen LogP contribution in [0.4, 0.5) is 13.6 Å². The number of alkyl carbamates (subject to hydrolysis) is 1. The van der Waals surface area contributed by atoms with Gasteiger partial charge in [0.1, 0.15) is 18.2 Å². The van der Waals surface area contributed by atoms with Crippen molar-refractivity contribution in [2.75, 3.05) is 0 Å². The van der Waals surface area contributed by atoms with Crippen molar-refractivity contribution < 1.29 is 28.2 Å². The number of ether oxygens (including phenoxy) is 1. The van der Waals surface area contributed by atoms with Gasteiger partial charge in [0.15, 0.2) is 6.04 Å². The van der Waals surface area contributed by atoms with E-state index < -0.39 is 29.7 Å². The molecule has 0 heterocycles. The minimum atomic E-state index is -1.68. The lowest BCUT2D eigenvalue weighted by atomic mass is 10.1. The highest BCUT2D eigenvalue weighted by atomic mass is 19.1. The second kappa shape index (κ2) is 7.35. The molecule has 1 atom stereocenters. The third-order valence-electron chi connectivity index (χ3n) is 3.00. The van der Waals surface area contributed by atoms with Crippen LogP contribution in [-0.4, -0.2) is 17.2 Å². The van der Waals surface area contributed by atoms with Crippen LogP contribution >= 0.6 is 0 Å². The lowest BCUT2D eigenvalue weighted by molar-refractivity contribution is -0.139. The lowest BCUT2D eigenvalue weighted by Gasteiger charge is -2.15. The highest BCUT2D eigenvalue weighted by Gasteiger charge is 2.26. The van der Waals surface area contributed by atoms with E-state index in [9.17, 15) is 18.4 Å². The Hall–Kier alpha value is -2.96. The SMILES string of the molecule is O=C(NC(C(=O)O)c1ccc(F)cc1F)OCc1ccccc1. The zero-order valence-electron chi connectivity index (χ0n) is 11.8. The van der Waals surface area contributed by atoms with Crippen LogP contribution in [0.25, 0.3) is 0 Å². The zero-order valence-corrected chi connectivity index (χ0v) is 11.8. The second-order valence-electron chi connectivity index (χ2n) is 4.64. The van der Waals surface area contributed by atoms with Crippen LogP contribution < -0.4 is 5.32 Å². The molecule has 2 aromatic rings. The predicted molar refractivity (Wildman–Crippen MR) is 76.5 cm³/mol. The summed E-state index contributed by atoms with van der Waals surface area (Å²) in [6, 6.07) is 9.48. The highest BCUT2D eigenvalue weighted by Crippen LogP contribution is 2.19. The van der Waals surface area contributed by atoms with Gasteiger partial charge in [-0.1, -0.05) is 36.4 Å². The van der Waals surface area contributed by atoms with Crippen molar-refractivity contribution >= 4 is 12.1 Å². The molecule has 0 saturated carbocycles. The fourth-order valence-corrected chi connectivity index (χ4v) is 1.89. The number of rotatable bonds is 5. The van der Waals surface area contributed by atoms with Gasteiger partial charge < -0.3 is 15.2 Å². The number of carbonyl (C=O) groups is 2. The summed E-state index contributed by atoms with van der Waals surface area (Å²) in [5.41, 5.74) is 0.345. The van der Waals surface area contributed by atoms with Crippen LogP contribution in [0, 0.1) is 11.6 Å². The lowest BCUT2D eigenvalue weighted by Crippen LogP contribution is -2.34. The Morgan fingerprint density at radius 2 is 1.83 bits per heavy atom. The molecule has 1 unspecified atom stereocenters. The number of nitrogens with one attached hydrogen (secondary N) is 1. The number of benzene rings is 2. The fourth-order valence-electron chi connectivity index (χ4n) is 1.89. The van der Waals surface area contributed by atoms with Crippen LogP contribution in [0.15, 0.2) is 48.5 Å². The zero-order chi connectivity index (χ0) is 16.8. The Kier molecular flexibility index (Phi) is 5.24. The molecule has 7 heteroatoms. The van der Waals surface area contributed by atoms with Crippen LogP contribution in [0.1, 0.15) is 17.2 Å². The van der Waals surface area contributed by atoms with Gasteiger partial charge in [-0.3, -0.25) is 0 Å². The molecule has 23 heavy (non-hydrogen) atoms. The summed E-state index contributed by atoms with van der Waals surface area (Å²) in [6.45, 7) is -0.0646. The maximum atomic E-state index is 13.7. The van der Waals surface area contributed by atoms with Crippen molar-refractivity contribution in [2.45, 2.75) is 12.6 Å². The number of aliphatic carboxylic acids is 1. The van der Waals surface area contributed by atoms with Gasteiger partial charge in [-0.05, 0) is 11.6 Å². The van der Waals surface area contributed by atoms with Gasteiger partial charge in [-0.15, -0.1) is 0 Å². The molecular formula is C16H13F2NO4.